The third kappa shape index (κ3) is 5.61. The van der Waals surface area contributed by atoms with Crippen LogP contribution in [-0.2, 0) is 16.1 Å². The summed E-state index contributed by atoms with van der Waals surface area (Å²) in [6.45, 7) is 6.67. The SMILES string of the molecule is CC(C)(C)OC(=O)N(C[C@H]1CN(C(=O)OCc2ccccc2)C[C@@H]1O)C1CC1. The Morgan fingerprint density at radius 3 is 2.46 bits per heavy atom. The van der Waals surface area contributed by atoms with Crippen LogP contribution >= 0.6 is 0 Å². The number of rotatable bonds is 5. The van der Waals surface area contributed by atoms with Crippen LogP contribution in [0.25, 0.3) is 0 Å². The van der Waals surface area contributed by atoms with E-state index in [4.69, 9.17) is 9.47 Å². The fraction of sp³-hybridized carbons (Fsp3) is 0.619. The van der Waals surface area contributed by atoms with Gasteiger partial charge in [0.15, 0.2) is 0 Å². The number of β-amino-alcohol motifs (C(OH)–C–C–N with tert-alkyl or cyclic N) is 1. The molecule has 0 unspecified atom stereocenters. The van der Waals surface area contributed by atoms with Crippen molar-refractivity contribution < 1.29 is 24.2 Å². The molecule has 0 radical (unpaired) electrons. The van der Waals surface area contributed by atoms with Gasteiger partial charge in [0.05, 0.1) is 12.6 Å². The molecule has 2 atom stereocenters. The van der Waals surface area contributed by atoms with Crippen molar-refractivity contribution in [2.24, 2.45) is 5.92 Å². The van der Waals surface area contributed by atoms with Crippen LogP contribution in [0.4, 0.5) is 9.59 Å². The summed E-state index contributed by atoms with van der Waals surface area (Å²) in [6.07, 6.45) is 0.413. The lowest BCUT2D eigenvalue weighted by Crippen LogP contribution is -2.43. The lowest BCUT2D eigenvalue weighted by Gasteiger charge is -2.29. The van der Waals surface area contributed by atoms with Gasteiger partial charge in [-0.15, -0.1) is 0 Å². The first kappa shape index (κ1) is 20.5. The molecule has 1 aliphatic heterocycles. The van der Waals surface area contributed by atoms with E-state index in [-0.39, 0.29) is 31.2 Å². The first-order valence-corrected chi connectivity index (χ1v) is 9.86. The standard InChI is InChI=1S/C21H30N2O5/c1-21(2,3)28-20(26)23(17-9-10-17)12-16-11-22(13-18(16)24)19(25)27-14-15-7-5-4-6-8-15/h4-8,16-18,24H,9-14H2,1-3H3/t16-,18+/m1/s1. The van der Waals surface area contributed by atoms with Crippen LogP contribution in [0.15, 0.2) is 30.3 Å². The van der Waals surface area contributed by atoms with Gasteiger partial charge in [-0.1, -0.05) is 30.3 Å². The van der Waals surface area contributed by atoms with E-state index in [1.807, 2.05) is 51.1 Å². The number of nitrogens with zero attached hydrogens (tertiary/aromatic N) is 2. The van der Waals surface area contributed by atoms with E-state index in [1.165, 1.54) is 4.90 Å². The molecule has 0 aromatic heterocycles. The van der Waals surface area contributed by atoms with Crippen LogP contribution in [0.2, 0.25) is 0 Å². The van der Waals surface area contributed by atoms with E-state index in [0.29, 0.717) is 13.1 Å². The van der Waals surface area contributed by atoms with Gasteiger partial charge in [-0.25, -0.2) is 9.59 Å². The first-order chi connectivity index (χ1) is 13.2. The second-order valence-corrected chi connectivity index (χ2v) is 8.64. The minimum atomic E-state index is -0.687. The summed E-state index contributed by atoms with van der Waals surface area (Å²) < 4.78 is 10.9. The Morgan fingerprint density at radius 1 is 1.18 bits per heavy atom. The second kappa shape index (κ2) is 8.39. The molecule has 2 amide bonds. The van der Waals surface area contributed by atoms with E-state index in [1.54, 1.807) is 4.90 Å². The molecule has 0 spiro atoms. The van der Waals surface area contributed by atoms with Gasteiger partial charge in [-0.3, -0.25) is 0 Å². The summed E-state index contributed by atoms with van der Waals surface area (Å²) in [7, 11) is 0. The number of ether oxygens (including phenoxy) is 2. The lowest BCUT2D eigenvalue weighted by atomic mass is 10.1. The van der Waals surface area contributed by atoms with E-state index in [0.717, 1.165) is 18.4 Å². The van der Waals surface area contributed by atoms with Gasteiger partial charge in [-0.05, 0) is 39.2 Å². The van der Waals surface area contributed by atoms with Gasteiger partial charge in [0.2, 0.25) is 0 Å². The topological polar surface area (TPSA) is 79.3 Å². The van der Waals surface area contributed by atoms with Gasteiger partial charge in [0.1, 0.15) is 12.2 Å². The highest BCUT2D eigenvalue weighted by Crippen LogP contribution is 2.31. The van der Waals surface area contributed by atoms with E-state index >= 15 is 0 Å². The Morgan fingerprint density at radius 2 is 1.86 bits per heavy atom. The van der Waals surface area contributed by atoms with Crippen LogP contribution in [0.3, 0.4) is 0 Å². The maximum absolute atomic E-state index is 12.5. The number of benzene rings is 1. The van der Waals surface area contributed by atoms with Crippen molar-refractivity contribution in [2.45, 2.75) is 58.0 Å². The molecule has 1 aliphatic carbocycles. The third-order valence-corrected chi connectivity index (χ3v) is 4.92. The maximum atomic E-state index is 12.5. The molecule has 1 saturated heterocycles. The van der Waals surface area contributed by atoms with Crippen molar-refractivity contribution in [1.82, 2.24) is 9.80 Å². The van der Waals surface area contributed by atoms with Crippen LogP contribution in [0.5, 0.6) is 0 Å². The number of carbonyl (C=O) groups is 2. The molecule has 154 valence electrons. The summed E-state index contributed by atoms with van der Waals surface area (Å²) in [5, 5.41) is 10.4. The van der Waals surface area contributed by atoms with Gasteiger partial charge >= 0.3 is 12.2 Å². The Kier molecular flexibility index (Phi) is 6.13. The Hall–Kier alpha value is -2.28. The molecule has 7 nitrogen and oxygen atoms in total. The quantitative estimate of drug-likeness (QED) is 0.836. The highest BCUT2D eigenvalue weighted by atomic mass is 16.6. The largest absolute Gasteiger partial charge is 0.445 e. The molecule has 1 aromatic carbocycles. The Labute approximate surface area is 166 Å². The van der Waals surface area contributed by atoms with Crippen molar-refractivity contribution in [2.75, 3.05) is 19.6 Å². The summed E-state index contributed by atoms with van der Waals surface area (Å²) in [4.78, 5) is 28.1. The number of likely N-dealkylation sites (tertiary alicyclic amines) is 1. The van der Waals surface area contributed by atoms with Gasteiger partial charge in [0, 0.05) is 25.0 Å². The zero-order valence-electron chi connectivity index (χ0n) is 16.8. The number of hydrogen-bond acceptors (Lipinski definition) is 5. The van der Waals surface area contributed by atoms with Crippen LogP contribution < -0.4 is 0 Å². The molecular weight excluding hydrogens is 360 g/mol. The van der Waals surface area contributed by atoms with Crippen LogP contribution in [0, 0.1) is 5.92 Å². The molecular formula is C21H30N2O5. The van der Waals surface area contributed by atoms with E-state index in [2.05, 4.69) is 0 Å². The van der Waals surface area contributed by atoms with Crippen LogP contribution in [0.1, 0.15) is 39.2 Å². The zero-order valence-corrected chi connectivity index (χ0v) is 16.8. The third-order valence-electron chi connectivity index (χ3n) is 4.92. The first-order valence-electron chi connectivity index (χ1n) is 9.86. The van der Waals surface area contributed by atoms with Crippen molar-refractivity contribution in [3.63, 3.8) is 0 Å². The minimum Gasteiger partial charge on any atom is -0.445 e. The van der Waals surface area contributed by atoms with Gasteiger partial charge in [-0.2, -0.15) is 0 Å². The number of amides is 2. The van der Waals surface area contributed by atoms with Crippen molar-refractivity contribution in [3.05, 3.63) is 35.9 Å². The zero-order chi connectivity index (χ0) is 20.3. The summed E-state index contributed by atoms with van der Waals surface area (Å²) in [5.41, 5.74) is 0.350. The normalized spacial score (nSPS) is 22.1. The predicted octanol–water partition coefficient (Wildman–Crippen LogP) is 3.02. The van der Waals surface area contributed by atoms with E-state index < -0.39 is 17.8 Å². The Balaban J connectivity index is 1.53. The van der Waals surface area contributed by atoms with Crippen molar-refractivity contribution in [1.29, 1.82) is 0 Å². The number of aliphatic hydroxyl groups is 1. The summed E-state index contributed by atoms with van der Waals surface area (Å²) in [6, 6.07) is 9.64. The number of aliphatic hydroxyl groups excluding tert-OH is 1. The molecule has 7 heteroatoms. The monoisotopic (exact) mass is 390 g/mol. The predicted molar refractivity (Wildman–Crippen MR) is 104 cm³/mol. The molecule has 1 saturated carbocycles. The number of carbonyl (C=O) groups excluding carboxylic acids is 2. The molecule has 2 aliphatic rings. The number of hydrogen-bond donors (Lipinski definition) is 1. The fourth-order valence-corrected chi connectivity index (χ4v) is 3.33. The fourth-order valence-electron chi connectivity index (χ4n) is 3.33. The minimum absolute atomic E-state index is 0.168. The lowest BCUT2D eigenvalue weighted by molar-refractivity contribution is 0.0163. The smallest absolute Gasteiger partial charge is 0.410 e. The summed E-state index contributed by atoms with van der Waals surface area (Å²) in [5.74, 6) is -0.211. The van der Waals surface area contributed by atoms with Gasteiger partial charge < -0.3 is 24.4 Å². The molecule has 2 fully saturated rings. The summed E-state index contributed by atoms with van der Waals surface area (Å²) >= 11 is 0. The van der Waals surface area contributed by atoms with Gasteiger partial charge in [0.25, 0.3) is 0 Å². The van der Waals surface area contributed by atoms with Crippen molar-refractivity contribution >= 4 is 12.2 Å². The highest BCUT2D eigenvalue weighted by Gasteiger charge is 2.41. The van der Waals surface area contributed by atoms with E-state index in [9.17, 15) is 14.7 Å². The molecule has 3 rings (SSSR count). The van der Waals surface area contributed by atoms with Crippen molar-refractivity contribution in [3.8, 4) is 0 Å². The highest BCUT2D eigenvalue weighted by molar-refractivity contribution is 5.69. The molecule has 1 aromatic rings. The molecule has 28 heavy (non-hydrogen) atoms. The average molecular weight is 390 g/mol. The Bertz CT molecular complexity index is 684. The molecule has 1 heterocycles. The molecule has 1 N–H and O–H groups in total. The maximum Gasteiger partial charge on any atom is 0.410 e. The molecule has 0 bridgehead atoms. The second-order valence-electron chi connectivity index (χ2n) is 8.64. The van der Waals surface area contributed by atoms with Crippen LogP contribution in [-0.4, -0.2) is 64.5 Å². The average Bonchev–Trinajstić information content (AvgIpc) is 3.40.